The number of anilines is 1. The largest absolute Gasteiger partial charge is 0.507 e. The van der Waals surface area contributed by atoms with Crippen LogP contribution in [-0.2, 0) is 27.9 Å². The molecular formula is C30H29ClN4O8S. The predicted octanol–water partition coefficient (Wildman–Crippen LogP) is 3.83. The van der Waals surface area contributed by atoms with Gasteiger partial charge in [0.25, 0.3) is 10.1 Å². The van der Waals surface area contributed by atoms with E-state index in [0.29, 0.717) is 22.3 Å². The fourth-order valence-corrected chi connectivity index (χ4v) is 5.49. The van der Waals surface area contributed by atoms with Gasteiger partial charge in [-0.2, -0.15) is 8.42 Å². The fourth-order valence-electron chi connectivity index (χ4n) is 4.62. The van der Waals surface area contributed by atoms with Crippen LogP contribution in [0, 0.1) is 6.92 Å². The number of rotatable bonds is 10. The quantitative estimate of drug-likeness (QED) is 0.0436. The number of carbonyl (C=O) groups is 1. The molecule has 0 radical (unpaired) electrons. The molecule has 230 valence electrons. The Bertz CT molecular complexity index is 1990. The fraction of sp³-hybridized carbons (Fsp3) is 0.133. The van der Waals surface area contributed by atoms with Gasteiger partial charge in [0.2, 0.25) is 5.91 Å². The first-order valence-electron chi connectivity index (χ1n) is 12.9. The molecule has 3 aromatic carbocycles. The number of benzene rings is 3. The van der Waals surface area contributed by atoms with Crippen LogP contribution < -0.4 is 27.5 Å². The van der Waals surface area contributed by atoms with Crippen molar-refractivity contribution in [2.45, 2.75) is 24.8 Å². The van der Waals surface area contributed by atoms with E-state index in [2.05, 4.69) is 22.6 Å². The van der Waals surface area contributed by atoms with Crippen LogP contribution in [0.1, 0.15) is 27.8 Å². The number of hydrogen-bond donors (Lipinski definition) is 7. The van der Waals surface area contributed by atoms with Gasteiger partial charge in [-0.05, 0) is 41.3 Å². The van der Waals surface area contributed by atoms with Gasteiger partial charge in [0.05, 0.1) is 22.7 Å². The second-order valence-electron chi connectivity index (χ2n) is 9.74. The summed E-state index contributed by atoms with van der Waals surface area (Å²) in [4.78, 5) is 25.1. The minimum Gasteiger partial charge on any atom is -0.507 e. The SMILES string of the molecule is C=C(/C(=C\NN)c1ccc(CNC(=O)Cc2c(C)c3cc(S(=O)(=O)O)c(NC)cc3oc2=O)cc1)c1cc(Cl)c(O)cc1O. The van der Waals surface area contributed by atoms with Crippen LogP contribution in [0.3, 0.4) is 0 Å². The molecule has 0 fully saturated rings. The van der Waals surface area contributed by atoms with E-state index in [-0.39, 0.29) is 57.3 Å². The topological polar surface area (TPSA) is 204 Å². The predicted molar refractivity (Wildman–Crippen MR) is 168 cm³/mol. The summed E-state index contributed by atoms with van der Waals surface area (Å²) >= 11 is 6.01. The smallest absolute Gasteiger partial charge is 0.340 e. The summed E-state index contributed by atoms with van der Waals surface area (Å²) in [6.07, 6.45) is 1.15. The van der Waals surface area contributed by atoms with Gasteiger partial charge in [-0.1, -0.05) is 42.4 Å². The Morgan fingerprint density at radius 3 is 2.41 bits per heavy atom. The van der Waals surface area contributed by atoms with Crippen molar-refractivity contribution in [1.29, 1.82) is 0 Å². The molecule has 0 aliphatic rings. The second kappa shape index (κ2) is 12.8. The van der Waals surface area contributed by atoms with Gasteiger partial charge >= 0.3 is 5.63 Å². The van der Waals surface area contributed by atoms with Crippen molar-refractivity contribution in [2.24, 2.45) is 5.84 Å². The van der Waals surface area contributed by atoms with Crippen molar-refractivity contribution in [3.63, 3.8) is 0 Å². The Morgan fingerprint density at radius 2 is 1.80 bits per heavy atom. The number of allylic oxidation sites excluding steroid dienone is 2. The van der Waals surface area contributed by atoms with E-state index in [1.165, 1.54) is 31.4 Å². The molecule has 1 amide bonds. The summed E-state index contributed by atoms with van der Waals surface area (Å²) in [5.74, 6) is 4.54. The summed E-state index contributed by atoms with van der Waals surface area (Å²) in [5, 5.41) is 25.7. The second-order valence-corrected chi connectivity index (χ2v) is 11.5. The Labute approximate surface area is 257 Å². The highest BCUT2D eigenvalue weighted by Gasteiger charge is 2.21. The van der Waals surface area contributed by atoms with Crippen LogP contribution in [0.5, 0.6) is 11.5 Å². The number of hydrazine groups is 1. The summed E-state index contributed by atoms with van der Waals surface area (Å²) in [5.41, 5.74) is 4.82. The first kappa shape index (κ1) is 32.1. The number of amides is 1. The highest BCUT2D eigenvalue weighted by atomic mass is 35.5. The van der Waals surface area contributed by atoms with E-state index >= 15 is 0 Å². The van der Waals surface area contributed by atoms with E-state index in [9.17, 15) is 32.8 Å². The van der Waals surface area contributed by atoms with E-state index in [1.807, 2.05) is 0 Å². The summed E-state index contributed by atoms with van der Waals surface area (Å²) in [6, 6.07) is 12.0. The molecule has 1 heterocycles. The maximum absolute atomic E-state index is 12.8. The zero-order valence-electron chi connectivity index (χ0n) is 23.6. The molecule has 44 heavy (non-hydrogen) atoms. The maximum atomic E-state index is 12.8. The maximum Gasteiger partial charge on any atom is 0.340 e. The molecule has 0 atom stereocenters. The molecule has 0 saturated heterocycles. The highest BCUT2D eigenvalue weighted by molar-refractivity contribution is 7.86. The van der Waals surface area contributed by atoms with Gasteiger partial charge in [-0.25, -0.2) is 4.79 Å². The molecule has 4 rings (SSSR count). The van der Waals surface area contributed by atoms with E-state index < -0.39 is 26.5 Å². The monoisotopic (exact) mass is 640 g/mol. The van der Waals surface area contributed by atoms with Crippen molar-refractivity contribution in [3.05, 3.63) is 105 Å². The number of hydrogen-bond acceptors (Lipinski definition) is 10. The van der Waals surface area contributed by atoms with Crippen molar-refractivity contribution in [1.82, 2.24) is 10.7 Å². The van der Waals surface area contributed by atoms with Gasteiger partial charge < -0.3 is 30.7 Å². The van der Waals surface area contributed by atoms with Crippen LogP contribution in [0.4, 0.5) is 5.69 Å². The van der Waals surface area contributed by atoms with Crippen LogP contribution >= 0.6 is 11.6 Å². The van der Waals surface area contributed by atoms with Gasteiger partial charge in [0.15, 0.2) is 0 Å². The Balaban J connectivity index is 1.51. The average molecular weight is 641 g/mol. The molecule has 0 spiro atoms. The molecule has 12 nitrogen and oxygen atoms in total. The lowest BCUT2D eigenvalue weighted by Crippen LogP contribution is -2.27. The summed E-state index contributed by atoms with van der Waals surface area (Å²) in [7, 11) is -3.13. The standard InChI is InChI=1S/C30H29ClN4O8S/c1-15(19-8-23(31)26(37)12-25(19)36)22(14-35-32)18-6-4-17(5-7-18)13-34-29(38)10-21-16(2)20-9-28(44(40,41)42)24(33-3)11-27(20)43-30(21)39/h4-9,11-12,14,33,35-37H,1,10,13,32H2,2-3H3,(H,34,38)(H,40,41,42)/b22-14+. The minimum atomic E-state index is -4.58. The zero-order valence-corrected chi connectivity index (χ0v) is 25.1. The molecule has 0 saturated carbocycles. The van der Waals surface area contributed by atoms with Gasteiger partial charge in [0.1, 0.15) is 22.0 Å². The summed E-state index contributed by atoms with van der Waals surface area (Å²) < 4.78 is 38.7. The molecule has 14 heteroatoms. The van der Waals surface area contributed by atoms with Gasteiger partial charge in [-0.15, -0.1) is 0 Å². The third kappa shape index (κ3) is 6.71. The third-order valence-corrected chi connectivity index (χ3v) is 8.17. The first-order chi connectivity index (χ1) is 20.7. The molecule has 0 aliphatic carbocycles. The number of phenolic OH excluding ortho intramolecular Hbond substituents is 2. The Kier molecular flexibility index (Phi) is 9.35. The van der Waals surface area contributed by atoms with Crippen molar-refractivity contribution >= 4 is 55.4 Å². The molecule has 4 aromatic rings. The Morgan fingerprint density at radius 1 is 1.11 bits per heavy atom. The van der Waals surface area contributed by atoms with E-state index in [0.717, 1.165) is 11.6 Å². The number of aryl methyl sites for hydroxylation is 1. The lowest BCUT2D eigenvalue weighted by atomic mass is 9.93. The lowest BCUT2D eigenvalue weighted by molar-refractivity contribution is -0.120. The van der Waals surface area contributed by atoms with Gasteiger partial charge in [-0.3, -0.25) is 15.2 Å². The number of nitrogens with two attached hydrogens (primary N) is 1. The number of halogens is 1. The number of nitrogens with one attached hydrogen (secondary N) is 3. The number of phenols is 2. The number of aromatic hydroxyl groups is 2. The Hall–Kier alpha value is -4.82. The van der Waals surface area contributed by atoms with Crippen LogP contribution in [-0.4, -0.2) is 36.1 Å². The first-order valence-corrected chi connectivity index (χ1v) is 14.8. The number of carbonyl (C=O) groups excluding carboxylic acids is 1. The highest BCUT2D eigenvalue weighted by Crippen LogP contribution is 2.39. The molecular weight excluding hydrogens is 612 g/mol. The van der Waals surface area contributed by atoms with Gasteiger partial charge in [0, 0.05) is 48.4 Å². The molecule has 1 aromatic heterocycles. The van der Waals surface area contributed by atoms with Crippen LogP contribution in [0.25, 0.3) is 22.1 Å². The number of fused-ring (bicyclic) bond motifs is 1. The van der Waals surface area contributed by atoms with Crippen molar-refractivity contribution in [2.75, 3.05) is 12.4 Å². The minimum absolute atomic E-state index is 0.0348. The van der Waals surface area contributed by atoms with Crippen molar-refractivity contribution in [3.8, 4) is 11.5 Å². The lowest BCUT2D eigenvalue weighted by Gasteiger charge is -2.15. The normalized spacial score (nSPS) is 11.8. The molecule has 0 aliphatic heterocycles. The average Bonchev–Trinajstić information content (AvgIpc) is 2.97. The summed E-state index contributed by atoms with van der Waals surface area (Å²) in [6.45, 7) is 5.72. The van der Waals surface area contributed by atoms with E-state index in [1.54, 1.807) is 31.2 Å². The zero-order chi connectivity index (χ0) is 32.3. The van der Waals surface area contributed by atoms with Crippen LogP contribution in [0.2, 0.25) is 5.02 Å². The third-order valence-electron chi connectivity index (χ3n) is 6.97. The van der Waals surface area contributed by atoms with E-state index in [4.69, 9.17) is 21.9 Å². The van der Waals surface area contributed by atoms with Crippen molar-refractivity contribution < 1.29 is 32.4 Å². The molecule has 0 bridgehead atoms. The molecule has 8 N–H and O–H groups in total. The van der Waals surface area contributed by atoms with Crippen LogP contribution in [0.15, 0.2) is 75.4 Å². The molecule has 0 unspecified atom stereocenters.